The molecular formula is C15H22N2O3S. The minimum absolute atomic E-state index is 0.156. The fourth-order valence-electron chi connectivity index (χ4n) is 2.29. The van der Waals surface area contributed by atoms with E-state index in [0.29, 0.717) is 10.9 Å². The van der Waals surface area contributed by atoms with Crippen molar-refractivity contribution in [2.75, 3.05) is 25.1 Å². The molecule has 0 bridgehead atoms. The second-order valence-corrected chi connectivity index (χ2v) is 6.45. The molecule has 0 unspecified atom stereocenters. The summed E-state index contributed by atoms with van der Waals surface area (Å²) in [6, 6.07) is 5.39. The van der Waals surface area contributed by atoms with E-state index >= 15 is 0 Å². The van der Waals surface area contributed by atoms with Gasteiger partial charge in [0.1, 0.15) is 5.69 Å². The Morgan fingerprint density at radius 2 is 2.19 bits per heavy atom. The predicted molar refractivity (Wildman–Crippen MR) is 87.0 cm³/mol. The second kappa shape index (κ2) is 8.24. The van der Waals surface area contributed by atoms with Crippen molar-refractivity contribution in [3.63, 3.8) is 0 Å². The van der Waals surface area contributed by atoms with Crippen LogP contribution in [-0.2, 0) is 10.5 Å². The van der Waals surface area contributed by atoms with E-state index in [2.05, 4.69) is 5.32 Å². The van der Waals surface area contributed by atoms with E-state index in [4.69, 9.17) is 4.74 Å². The van der Waals surface area contributed by atoms with Crippen molar-refractivity contribution in [1.82, 2.24) is 0 Å². The van der Waals surface area contributed by atoms with E-state index in [9.17, 15) is 10.1 Å². The van der Waals surface area contributed by atoms with Crippen LogP contribution in [-0.4, -0.2) is 29.9 Å². The van der Waals surface area contributed by atoms with E-state index in [1.54, 1.807) is 6.07 Å². The van der Waals surface area contributed by atoms with Gasteiger partial charge in [0.2, 0.25) is 0 Å². The molecule has 0 radical (unpaired) electrons. The Hall–Kier alpha value is -1.27. The summed E-state index contributed by atoms with van der Waals surface area (Å²) in [7, 11) is 0. The molecule has 116 valence electrons. The van der Waals surface area contributed by atoms with Crippen molar-refractivity contribution in [3.8, 4) is 0 Å². The molecule has 1 aliphatic heterocycles. The lowest BCUT2D eigenvalue weighted by atomic mass is 10.2. The summed E-state index contributed by atoms with van der Waals surface area (Å²) in [6.07, 6.45) is 3.13. The number of hydrogen-bond donors (Lipinski definition) is 1. The van der Waals surface area contributed by atoms with Crippen LogP contribution in [0, 0.1) is 10.1 Å². The first-order valence-corrected chi connectivity index (χ1v) is 8.46. The van der Waals surface area contributed by atoms with Gasteiger partial charge < -0.3 is 10.1 Å². The van der Waals surface area contributed by atoms with E-state index in [1.807, 2.05) is 30.8 Å². The zero-order chi connectivity index (χ0) is 15.1. The molecule has 1 aromatic rings. The molecule has 0 amide bonds. The van der Waals surface area contributed by atoms with E-state index in [-0.39, 0.29) is 10.6 Å². The van der Waals surface area contributed by atoms with Gasteiger partial charge >= 0.3 is 0 Å². The fraction of sp³-hybridized carbons (Fsp3) is 0.600. The Balaban J connectivity index is 2.00. The first kappa shape index (κ1) is 16.1. The average Bonchev–Trinajstić information content (AvgIpc) is 2.51. The van der Waals surface area contributed by atoms with Crippen LogP contribution in [0.25, 0.3) is 0 Å². The summed E-state index contributed by atoms with van der Waals surface area (Å²) >= 11 is 1.92. The van der Waals surface area contributed by atoms with Crippen molar-refractivity contribution < 1.29 is 9.66 Å². The quantitative estimate of drug-likeness (QED) is 0.612. The van der Waals surface area contributed by atoms with Crippen molar-refractivity contribution >= 4 is 23.1 Å². The molecule has 2 rings (SSSR count). The Morgan fingerprint density at radius 1 is 1.43 bits per heavy atom. The van der Waals surface area contributed by atoms with Crippen molar-refractivity contribution in [2.45, 2.75) is 37.2 Å². The minimum Gasteiger partial charge on any atom is -0.381 e. The normalized spacial score (nSPS) is 15.9. The summed E-state index contributed by atoms with van der Waals surface area (Å²) in [5.41, 5.74) is 1.92. The molecule has 1 aromatic carbocycles. The number of benzene rings is 1. The van der Waals surface area contributed by atoms with Gasteiger partial charge in [0.15, 0.2) is 0 Å². The molecule has 0 atom stereocenters. The molecule has 1 fully saturated rings. The monoisotopic (exact) mass is 310 g/mol. The standard InChI is InChI=1S/C15H22N2O3S/c1-2-7-16-14-10-12(3-4-15(14)17(18)19)11-21-13-5-8-20-9-6-13/h3-4,10,13,16H,2,5-9,11H2,1H3. The Labute approximate surface area is 129 Å². The van der Waals surface area contributed by atoms with Gasteiger partial charge in [-0.05, 0) is 30.9 Å². The number of nitrogens with zero attached hydrogens (tertiary/aromatic N) is 1. The molecule has 0 saturated carbocycles. The van der Waals surface area contributed by atoms with Gasteiger partial charge in [-0.25, -0.2) is 0 Å². The third-order valence-electron chi connectivity index (χ3n) is 3.48. The van der Waals surface area contributed by atoms with Crippen LogP contribution in [0.5, 0.6) is 0 Å². The lowest BCUT2D eigenvalue weighted by Gasteiger charge is -2.21. The largest absolute Gasteiger partial charge is 0.381 e. The maximum absolute atomic E-state index is 11.0. The highest BCUT2D eigenvalue weighted by atomic mass is 32.2. The van der Waals surface area contributed by atoms with Gasteiger partial charge in [-0.3, -0.25) is 10.1 Å². The van der Waals surface area contributed by atoms with Gasteiger partial charge in [0, 0.05) is 36.8 Å². The van der Waals surface area contributed by atoms with Crippen LogP contribution in [0.2, 0.25) is 0 Å². The molecule has 6 heteroatoms. The highest BCUT2D eigenvalue weighted by molar-refractivity contribution is 7.99. The number of anilines is 1. The molecule has 21 heavy (non-hydrogen) atoms. The molecule has 1 N–H and O–H groups in total. The zero-order valence-corrected chi connectivity index (χ0v) is 13.2. The summed E-state index contributed by atoms with van der Waals surface area (Å²) < 4.78 is 5.36. The number of rotatable bonds is 7. The highest BCUT2D eigenvalue weighted by Gasteiger charge is 2.16. The molecule has 0 aromatic heterocycles. The van der Waals surface area contributed by atoms with Crippen LogP contribution in [0.15, 0.2) is 18.2 Å². The SMILES string of the molecule is CCCNc1cc(CSC2CCOCC2)ccc1[N+](=O)[O-]. The number of hydrogen-bond acceptors (Lipinski definition) is 5. The molecule has 1 heterocycles. The first-order chi connectivity index (χ1) is 10.2. The third kappa shape index (κ3) is 4.89. The predicted octanol–water partition coefficient (Wildman–Crippen LogP) is 3.83. The fourth-order valence-corrected chi connectivity index (χ4v) is 3.42. The number of nitro groups is 1. The van der Waals surface area contributed by atoms with Gasteiger partial charge in [-0.2, -0.15) is 11.8 Å². The molecule has 0 spiro atoms. The zero-order valence-electron chi connectivity index (χ0n) is 12.3. The molecule has 1 aliphatic rings. The molecule has 5 nitrogen and oxygen atoms in total. The summed E-state index contributed by atoms with van der Waals surface area (Å²) in [4.78, 5) is 10.7. The summed E-state index contributed by atoms with van der Waals surface area (Å²) in [6.45, 7) is 4.49. The third-order valence-corrected chi connectivity index (χ3v) is 4.92. The van der Waals surface area contributed by atoms with E-state index in [0.717, 1.165) is 50.3 Å². The maximum Gasteiger partial charge on any atom is 0.292 e. The van der Waals surface area contributed by atoms with E-state index < -0.39 is 0 Å². The maximum atomic E-state index is 11.0. The number of thioether (sulfide) groups is 1. The Morgan fingerprint density at radius 3 is 2.86 bits per heavy atom. The van der Waals surface area contributed by atoms with Crippen LogP contribution >= 0.6 is 11.8 Å². The van der Waals surface area contributed by atoms with Gasteiger partial charge in [0.05, 0.1) is 4.92 Å². The van der Waals surface area contributed by atoms with Crippen LogP contribution < -0.4 is 5.32 Å². The molecule has 1 saturated heterocycles. The second-order valence-electron chi connectivity index (χ2n) is 5.16. The molecule has 0 aliphatic carbocycles. The Kier molecular flexibility index (Phi) is 6.32. The average molecular weight is 310 g/mol. The first-order valence-electron chi connectivity index (χ1n) is 7.41. The number of nitrogens with one attached hydrogen (secondary N) is 1. The number of nitro benzene ring substituents is 1. The van der Waals surface area contributed by atoms with Crippen LogP contribution in [0.1, 0.15) is 31.7 Å². The highest BCUT2D eigenvalue weighted by Crippen LogP contribution is 2.30. The van der Waals surface area contributed by atoms with E-state index in [1.165, 1.54) is 0 Å². The van der Waals surface area contributed by atoms with Crippen LogP contribution in [0.4, 0.5) is 11.4 Å². The van der Waals surface area contributed by atoms with Crippen LogP contribution in [0.3, 0.4) is 0 Å². The lowest BCUT2D eigenvalue weighted by molar-refractivity contribution is -0.384. The smallest absolute Gasteiger partial charge is 0.292 e. The Bertz CT molecular complexity index is 476. The van der Waals surface area contributed by atoms with Gasteiger partial charge in [0.25, 0.3) is 5.69 Å². The molecular weight excluding hydrogens is 288 g/mol. The van der Waals surface area contributed by atoms with Gasteiger partial charge in [-0.1, -0.05) is 13.0 Å². The van der Waals surface area contributed by atoms with Crippen molar-refractivity contribution in [1.29, 1.82) is 0 Å². The van der Waals surface area contributed by atoms with Crippen molar-refractivity contribution in [3.05, 3.63) is 33.9 Å². The van der Waals surface area contributed by atoms with Gasteiger partial charge in [-0.15, -0.1) is 0 Å². The minimum atomic E-state index is -0.326. The number of ether oxygens (including phenoxy) is 1. The summed E-state index contributed by atoms with van der Waals surface area (Å²) in [5.74, 6) is 0.892. The topological polar surface area (TPSA) is 64.4 Å². The summed E-state index contributed by atoms with van der Waals surface area (Å²) in [5, 5.41) is 14.8. The lowest BCUT2D eigenvalue weighted by Crippen LogP contribution is -2.17. The van der Waals surface area contributed by atoms with Crippen molar-refractivity contribution in [2.24, 2.45) is 0 Å².